The van der Waals surface area contributed by atoms with Crippen LogP contribution >= 0.6 is 23.1 Å². The molecule has 1 N–H and O–H groups in total. The Balaban J connectivity index is 1.49. The number of amides is 1. The third kappa shape index (κ3) is 3.53. The van der Waals surface area contributed by atoms with Crippen molar-refractivity contribution in [2.75, 3.05) is 13.1 Å². The monoisotopic (exact) mass is 358 g/mol. The number of thiophene rings is 1. The molecule has 1 amide bonds. The molecule has 2 fully saturated rings. The van der Waals surface area contributed by atoms with Crippen molar-refractivity contribution in [3.05, 3.63) is 52.2 Å². The molecule has 24 heavy (non-hydrogen) atoms. The lowest BCUT2D eigenvalue weighted by molar-refractivity contribution is 0.0744. The minimum Gasteiger partial charge on any atom is -0.337 e. The van der Waals surface area contributed by atoms with Crippen LogP contribution in [-0.2, 0) is 5.75 Å². The molecule has 1 aromatic carbocycles. The molecule has 1 aromatic heterocycles. The van der Waals surface area contributed by atoms with Gasteiger partial charge < -0.3 is 10.2 Å². The Morgan fingerprint density at radius 2 is 2.04 bits per heavy atom. The number of rotatable bonds is 4. The van der Waals surface area contributed by atoms with Gasteiger partial charge in [0.05, 0.1) is 5.56 Å². The van der Waals surface area contributed by atoms with Crippen LogP contribution in [0.25, 0.3) is 0 Å². The lowest BCUT2D eigenvalue weighted by atomic mass is 10.1. The SMILES string of the molecule is O=C(c1ccccc1SCc1cccs1)N1CCC2CCC(C1)N2. The summed E-state index contributed by atoms with van der Waals surface area (Å²) in [6.07, 6.45) is 3.54. The summed E-state index contributed by atoms with van der Waals surface area (Å²) in [6.45, 7) is 1.72. The van der Waals surface area contributed by atoms with Crippen molar-refractivity contribution in [3.63, 3.8) is 0 Å². The number of thioether (sulfide) groups is 1. The van der Waals surface area contributed by atoms with Gasteiger partial charge in [0.15, 0.2) is 0 Å². The van der Waals surface area contributed by atoms with Crippen molar-refractivity contribution in [2.45, 2.75) is 42.0 Å². The zero-order chi connectivity index (χ0) is 16.4. The molecule has 2 atom stereocenters. The fourth-order valence-corrected chi connectivity index (χ4v) is 5.43. The molecule has 2 saturated heterocycles. The van der Waals surface area contributed by atoms with E-state index < -0.39 is 0 Å². The summed E-state index contributed by atoms with van der Waals surface area (Å²) in [6, 6.07) is 13.4. The average molecular weight is 359 g/mol. The molecule has 3 nitrogen and oxygen atoms in total. The predicted molar refractivity (Wildman–Crippen MR) is 101 cm³/mol. The van der Waals surface area contributed by atoms with Crippen molar-refractivity contribution in [2.24, 2.45) is 0 Å². The Morgan fingerprint density at radius 1 is 1.17 bits per heavy atom. The van der Waals surface area contributed by atoms with Crippen molar-refractivity contribution < 1.29 is 4.79 Å². The van der Waals surface area contributed by atoms with Gasteiger partial charge in [0.2, 0.25) is 0 Å². The standard InChI is InChI=1S/C19H22N2OS2/c22-19(21-10-9-14-7-8-15(12-21)20-14)17-5-1-2-6-18(17)24-13-16-4-3-11-23-16/h1-6,11,14-15,20H,7-10,12-13H2. The van der Waals surface area contributed by atoms with Crippen LogP contribution in [0, 0.1) is 0 Å². The molecule has 2 bridgehead atoms. The lowest BCUT2D eigenvalue weighted by Gasteiger charge is -2.25. The summed E-state index contributed by atoms with van der Waals surface area (Å²) in [5.74, 6) is 1.12. The van der Waals surface area contributed by atoms with E-state index in [4.69, 9.17) is 0 Å². The highest BCUT2D eigenvalue weighted by Gasteiger charge is 2.31. The van der Waals surface area contributed by atoms with E-state index >= 15 is 0 Å². The highest BCUT2D eigenvalue weighted by Crippen LogP contribution is 2.29. The minimum absolute atomic E-state index is 0.193. The number of fused-ring (bicyclic) bond motifs is 2. The molecule has 0 aliphatic carbocycles. The molecule has 0 saturated carbocycles. The maximum atomic E-state index is 13.1. The summed E-state index contributed by atoms with van der Waals surface area (Å²) in [7, 11) is 0. The van der Waals surface area contributed by atoms with E-state index in [1.807, 2.05) is 18.2 Å². The third-order valence-electron chi connectivity index (χ3n) is 4.88. The van der Waals surface area contributed by atoms with E-state index in [9.17, 15) is 4.79 Å². The van der Waals surface area contributed by atoms with Crippen LogP contribution in [0.4, 0.5) is 0 Å². The Labute approximate surface area is 151 Å². The zero-order valence-electron chi connectivity index (χ0n) is 13.6. The highest BCUT2D eigenvalue weighted by atomic mass is 32.2. The molecule has 5 heteroatoms. The molecule has 2 unspecified atom stereocenters. The van der Waals surface area contributed by atoms with Crippen LogP contribution < -0.4 is 5.32 Å². The normalized spacial score (nSPS) is 23.2. The Hall–Kier alpha value is -1.30. The molecule has 0 spiro atoms. The second-order valence-electron chi connectivity index (χ2n) is 6.54. The Bertz CT molecular complexity index is 701. The van der Waals surface area contributed by atoms with Gasteiger partial charge in [-0.1, -0.05) is 18.2 Å². The summed E-state index contributed by atoms with van der Waals surface area (Å²) in [4.78, 5) is 17.6. The summed E-state index contributed by atoms with van der Waals surface area (Å²) in [5.41, 5.74) is 0.858. The van der Waals surface area contributed by atoms with Crippen LogP contribution in [0.5, 0.6) is 0 Å². The molecule has 0 radical (unpaired) electrons. The summed E-state index contributed by atoms with van der Waals surface area (Å²) in [5, 5.41) is 5.75. The molecular formula is C19H22N2OS2. The minimum atomic E-state index is 0.193. The van der Waals surface area contributed by atoms with E-state index in [0.717, 1.165) is 35.7 Å². The van der Waals surface area contributed by atoms with Gasteiger partial charge in [-0.05, 0) is 42.8 Å². The smallest absolute Gasteiger partial charge is 0.255 e. The number of carbonyl (C=O) groups excluding carboxylic acids is 1. The van der Waals surface area contributed by atoms with Crippen molar-refractivity contribution >= 4 is 29.0 Å². The van der Waals surface area contributed by atoms with Gasteiger partial charge in [-0.15, -0.1) is 23.1 Å². The second-order valence-corrected chi connectivity index (χ2v) is 8.59. The van der Waals surface area contributed by atoms with E-state index in [0.29, 0.717) is 12.1 Å². The fraction of sp³-hybridized carbons (Fsp3) is 0.421. The first kappa shape index (κ1) is 16.2. The number of nitrogens with zero attached hydrogens (tertiary/aromatic N) is 1. The van der Waals surface area contributed by atoms with Gasteiger partial charge in [0, 0.05) is 40.7 Å². The van der Waals surface area contributed by atoms with Gasteiger partial charge in [0.25, 0.3) is 5.91 Å². The van der Waals surface area contributed by atoms with Crippen LogP contribution in [0.15, 0.2) is 46.7 Å². The molecular weight excluding hydrogens is 336 g/mol. The highest BCUT2D eigenvalue weighted by molar-refractivity contribution is 7.98. The molecule has 2 aliphatic rings. The first-order valence-electron chi connectivity index (χ1n) is 8.59. The molecule has 2 aliphatic heterocycles. The van der Waals surface area contributed by atoms with E-state index in [1.165, 1.54) is 17.7 Å². The Morgan fingerprint density at radius 3 is 2.92 bits per heavy atom. The van der Waals surface area contributed by atoms with Crippen molar-refractivity contribution in [1.29, 1.82) is 0 Å². The van der Waals surface area contributed by atoms with E-state index in [1.54, 1.807) is 23.1 Å². The number of hydrogen-bond donors (Lipinski definition) is 1. The molecule has 126 valence electrons. The fourth-order valence-electron chi connectivity index (χ4n) is 3.61. The largest absolute Gasteiger partial charge is 0.337 e. The number of nitrogens with one attached hydrogen (secondary N) is 1. The predicted octanol–water partition coefficient (Wildman–Crippen LogP) is 4.01. The summed E-state index contributed by atoms with van der Waals surface area (Å²) < 4.78 is 0. The molecule has 4 rings (SSSR count). The number of benzene rings is 1. The van der Waals surface area contributed by atoms with Crippen LogP contribution in [0.2, 0.25) is 0 Å². The van der Waals surface area contributed by atoms with Gasteiger partial charge >= 0.3 is 0 Å². The molecule has 3 heterocycles. The van der Waals surface area contributed by atoms with Gasteiger partial charge in [-0.25, -0.2) is 0 Å². The van der Waals surface area contributed by atoms with Crippen molar-refractivity contribution in [3.8, 4) is 0 Å². The van der Waals surface area contributed by atoms with Gasteiger partial charge in [-0.3, -0.25) is 4.79 Å². The van der Waals surface area contributed by atoms with Gasteiger partial charge in [0.1, 0.15) is 0 Å². The zero-order valence-corrected chi connectivity index (χ0v) is 15.2. The maximum Gasteiger partial charge on any atom is 0.255 e. The average Bonchev–Trinajstić information content (AvgIpc) is 3.22. The van der Waals surface area contributed by atoms with E-state index in [-0.39, 0.29) is 5.91 Å². The van der Waals surface area contributed by atoms with Crippen LogP contribution in [0.1, 0.15) is 34.5 Å². The maximum absolute atomic E-state index is 13.1. The first-order valence-corrected chi connectivity index (χ1v) is 10.5. The number of likely N-dealkylation sites (tertiary alicyclic amines) is 1. The van der Waals surface area contributed by atoms with Crippen molar-refractivity contribution in [1.82, 2.24) is 10.2 Å². The van der Waals surface area contributed by atoms with E-state index in [2.05, 4.69) is 33.8 Å². The lowest BCUT2D eigenvalue weighted by Crippen LogP contribution is -2.39. The van der Waals surface area contributed by atoms with Gasteiger partial charge in [-0.2, -0.15) is 0 Å². The van der Waals surface area contributed by atoms with Crippen LogP contribution in [0.3, 0.4) is 0 Å². The first-order chi connectivity index (χ1) is 11.8. The quantitative estimate of drug-likeness (QED) is 0.838. The number of hydrogen-bond acceptors (Lipinski definition) is 4. The topological polar surface area (TPSA) is 32.3 Å². The number of carbonyl (C=O) groups is 1. The summed E-state index contributed by atoms with van der Waals surface area (Å²) >= 11 is 3.54. The Kier molecular flexibility index (Phi) is 4.92. The molecule has 2 aromatic rings. The second kappa shape index (κ2) is 7.30. The van der Waals surface area contributed by atoms with Crippen LogP contribution in [-0.4, -0.2) is 36.0 Å². The third-order valence-corrected chi connectivity index (χ3v) is 7.06.